The van der Waals surface area contributed by atoms with Crippen LogP contribution < -0.4 is 0 Å². The summed E-state index contributed by atoms with van der Waals surface area (Å²) in [4.78, 5) is 56.2. The Hall–Kier alpha value is -1.16. The van der Waals surface area contributed by atoms with E-state index in [2.05, 4.69) is 33.5 Å². The van der Waals surface area contributed by atoms with Gasteiger partial charge in [-0.25, -0.2) is 0 Å². The van der Waals surface area contributed by atoms with E-state index in [-0.39, 0.29) is 88.4 Å². The van der Waals surface area contributed by atoms with E-state index in [0.717, 1.165) is 25.7 Å². The maximum atomic E-state index is 13.6. The first kappa shape index (κ1) is 29.3. The molecule has 4 saturated carbocycles. The molecule has 15 atom stereocenters. The standard InChI is InChI=1S/C31H48N2O8Si2/c1-6-31(2,43(5,38)22-10-16-8-20(22)26-24(16)28(35)33(30(26)37)12-18-14-40-18)41-42(3,4)21-9-15-7-19(21)25-23(15)27(34)32(29(25)36)11-17-13-39-17/h15-26,28,35,38H,6-14H2,1-5H3. The van der Waals surface area contributed by atoms with E-state index in [1.165, 1.54) is 4.90 Å². The molecule has 8 rings (SSSR count). The summed E-state index contributed by atoms with van der Waals surface area (Å²) < 4.78 is 18.0. The molecule has 8 fully saturated rings. The van der Waals surface area contributed by atoms with Crippen molar-refractivity contribution in [3.63, 3.8) is 0 Å². The lowest BCUT2D eigenvalue weighted by Crippen LogP contribution is -2.65. The summed E-state index contributed by atoms with van der Waals surface area (Å²) in [7, 11) is -5.54. The molecule has 0 aromatic carbocycles. The third kappa shape index (κ3) is 4.08. The van der Waals surface area contributed by atoms with Crippen LogP contribution in [-0.4, -0.2) is 104 Å². The Morgan fingerprint density at radius 1 is 0.860 bits per heavy atom. The highest BCUT2D eigenvalue weighted by atomic mass is 28.4. The topological polar surface area (TPSA) is 132 Å². The Bertz CT molecular complexity index is 1240. The number of likely N-dealkylation sites (tertiary alicyclic amines) is 2. The monoisotopic (exact) mass is 632 g/mol. The second-order valence-corrected chi connectivity index (χ2v) is 24.4. The zero-order valence-corrected chi connectivity index (χ0v) is 28.1. The molecule has 4 saturated heterocycles. The first-order valence-electron chi connectivity index (χ1n) is 16.8. The molecule has 4 aliphatic carbocycles. The van der Waals surface area contributed by atoms with Gasteiger partial charge in [0, 0.05) is 11.8 Å². The van der Waals surface area contributed by atoms with Gasteiger partial charge in [0.15, 0.2) is 8.32 Å². The number of nitrogens with zero attached hydrogens (tertiary/aromatic N) is 2. The molecule has 0 aromatic heterocycles. The minimum atomic E-state index is -3.09. The molecule has 4 aliphatic heterocycles. The number of carbonyl (C=O) groups excluding carboxylic acids is 3. The number of fused-ring (bicyclic) bond motifs is 10. The molecule has 43 heavy (non-hydrogen) atoms. The van der Waals surface area contributed by atoms with Gasteiger partial charge in [-0.15, -0.1) is 0 Å². The molecule has 15 unspecified atom stereocenters. The Morgan fingerprint density at radius 2 is 1.44 bits per heavy atom. The number of amides is 3. The molecule has 3 amide bonds. The van der Waals surface area contributed by atoms with Crippen molar-refractivity contribution in [3.8, 4) is 0 Å². The number of imide groups is 1. The van der Waals surface area contributed by atoms with Crippen molar-refractivity contribution >= 4 is 34.4 Å². The van der Waals surface area contributed by atoms with E-state index in [1.54, 1.807) is 4.90 Å². The van der Waals surface area contributed by atoms with Crippen molar-refractivity contribution in [3.05, 3.63) is 0 Å². The van der Waals surface area contributed by atoms with Gasteiger partial charge in [0.2, 0.25) is 26.0 Å². The number of hydrogen-bond acceptors (Lipinski definition) is 8. The zero-order chi connectivity index (χ0) is 30.4. The average molecular weight is 633 g/mol. The Balaban J connectivity index is 1.00. The van der Waals surface area contributed by atoms with Gasteiger partial charge in [0.1, 0.15) is 6.23 Å². The molecule has 0 spiro atoms. The highest BCUT2D eigenvalue weighted by Gasteiger charge is 2.71. The smallest absolute Gasteiger partial charge is 0.233 e. The van der Waals surface area contributed by atoms with Gasteiger partial charge < -0.3 is 28.7 Å². The average Bonchev–Trinajstić information content (AvgIpc) is 3.70. The lowest BCUT2D eigenvalue weighted by Gasteiger charge is -2.52. The lowest BCUT2D eigenvalue weighted by molar-refractivity contribution is -0.141. The third-order valence-electron chi connectivity index (χ3n) is 13.8. The summed E-state index contributed by atoms with van der Waals surface area (Å²) in [5.74, 6) is 0.0745. The van der Waals surface area contributed by atoms with Crippen LogP contribution in [-0.2, 0) is 28.3 Å². The SMILES string of the molecule is CCC(C)(O[Si](C)(C)C1CC2CC1C1C(=O)N(CC3CO3)C(=O)C21)[Si](C)(O)C1CC2CC1C1C(=O)N(CC3CO3)C(O)C21. The number of carbonyl (C=O) groups is 3. The molecular formula is C31H48N2O8Si2. The highest BCUT2D eigenvalue weighted by molar-refractivity contribution is 6.79. The lowest BCUT2D eigenvalue weighted by atomic mass is 9.80. The number of ether oxygens (including phenoxy) is 2. The fourth-order valence-corrected chi connectivity index (χ4v) is 20.2. The van der Waals surface area contributed by atoms with Crippen LogP contribution in [0.25, 0.3) is 0 Å². The third-order valence-corrected chi connectivity index (χ3v) is 22.2. The van der Waals surface area contributed by atoms with Crippen molar-refractivity contribution in [2.75, 3.05) is 26.3 Å². The van der Waals surface area contributed by atoms with Gasteiger partial charge in [-0.2, -0.15) is 0 Å². The summed E-state index contributed by atoms with van der Waals surface area (Å²) in [6, 6.07) is 0. The summed E-state index contributed by atoms with van der Waals surface area (Å²) >= 11 is 0. The van der Waals surface area contributed by atoms with Crippen LogP contribution in [0.2, 0.25) is 30.7 Å². The van der Waals surface area contributed by atoms with E-state index in [1.807, 2.05) is 0 Å². The van der Waals surface area contributed by atoms with Crippen LogP contribution in [0, 0.1) is 47.3 Å². The molecule has 12 heteroatoms. The Morgan fingerprint density at radius 3 is 2.09 bits per heavy atom. The summed E-state index contributed by atoms with van der Waals surface area (Å²) in [5.41, 5.74) is 0.302. The summed E-state index contributed by atoms with van der Waals surface area (Å²) in [6.07, 6.45) is 3.58. The normalized spacial score (nSPS) is 48.6. The number of aliphatic hydroxyl groups excluding tert-OH is 1. The number of epoxide rings is 2. The molecule has 4 heterocycles. The molecular weight excluding hydrogens is 585 g/mol. The minimum absolute atomic E-state index is 0.00521. The second-order valence-electron chi connectivity index (χ2n) is 16.2. The van der Waals surface area contributed by atoms with Crippen LogP contribution in [0.5, 0.6) is 0 Å². The van der Waals surface area contributed by atoms with E-state index < -0.39 is 28.1 Å². The van der Waals surface area contributed by atoms with Crippen LogP contribution in [0.15, 0.2) is 0 Å². The van der Waals surface area contributed by atoms with Gasteiger partial charge >= 0.3 is 0 Å². The zero-order valence-electron chi connectivity index (χ0n) is 26.1. The fourth-order valence-electron chi connectivity index (χ4n) is 11.4. The van der Waals surface area contributed by atoms with Gasteiger partial charge in [0.05, 0.1) is 55.6 Å². The summed E-state index contributed by atoms with van der Waals surface area (Å²) in [5, 5.41) is 10.4. The maximum absolute atomic E-state index is 13.6. The molecule has 8 aliphatic rings. The summed E-state index contributed by atoms with van der Waals surface area (Å²) in [6.45, 7) is 12.9. The van der Waals surface area contributed by atoms with Crippen LogP contribution in [0.1, 0.15) is 46.0 Å². The van der Waals surface area contributed by atoms with Gasteiger partial charge in [-0.1, -0.05) is 6.92 Å². The molecule has 238 valence electrons. The fraction of sp³-hybridized carbons (Fsp3) is 0.903. The number of aliphatic hydroxyl groups is 1. The highest BCUT2D eigenvalue weighted by Crippen LogP contribution is 2.67. The van der Waals surface area contributed by atoms with Crippen molar-refractivity contribution in [1.82, 2.24) is 9.80 Å². The predicted molar refractivity (Wildman–Crippen MR) is 159 cm³/mol. The first-order valence-corrected chi connectivity index (χ1v) is 22.3. The van der Waals surface area contributed by atoms with Gasteiger partial charge in [0.25, 0.3) is 0 Å². The molecule has 4 bridgehead atoms. The quantitative estimate of drug-likeness (QED) is 0.213. The minimum Gasteiger partial charge on any atom is -0.429 e. The first-order chi connectivity index (χ1) is 20.3. The maximum Gasteiger partial charge on any atom is 0.233 e. The van der Waals surface area contributed by atoms with Crippen molar-refractivity contribution in [2.24, 2.45) is 47.3 Å². The number of rotatable bonds is 10. The predicted octanol–water partition coefficient (Wildman–Crippen LogP) is 2.10. The Labute approximate surface area is 256 Å². The second kappa shape index (κ2) is 9.45. The Kier molecular flexibility index (Phi) is 6.43. The van der Waals surface area contributed by atoms with Crippen molar-refractivity contribution in [1.29, 1.82) is 0 Å². The van der Waals surface area contributed by atoms with Crippen molar-refractivity contribution < 1.29 is 38.2 Å². The van der Waals surface area contributed by atoms with Crippen LogP contribution in [0.3, 0.4) is 0 Å². The number of hydrogen-bond donors (Lipinski definition) is 2. The van der Waals surface area contributed by atoms with E-state index in [9.17, 15) is 24.3 Å². The van der Waals surface area contributed by atoms with Gasteiger partial charge in [-0.05, 0) is 93.4 Å². The largest absolute Gasteiger partial charge is 0.429 e. The van der Waals surface area contributed by atoms with Crippen LogP contribution in [0.4, 0.5) is 0 Å². The van der Waals surface area contributed by atoms with E-state index in [0.29, 0.717) is 32.7 Å². The van der Waals surface area contributed by atoms with Gasteiger partial charge in [-0.3, -0.25) is 19.3 Å². The van der Waals surface area contributed by atoms with Crippen LogP contribution >= 0.6 is 0 Å². The molecule has 0 aromatic rings. The van der Waals surface area contributed by atoms with E-state index in [4.69, 9.17) is 13.9 Å². The molecule has 0 radical (unpaired) electrons. The van der Waals surface area contributed by atoms with E-state index >= 15 is 0 Å². The van der Waals surface area contributed by atoms with Crippen molar-refractivity contribution in [2.45, 2.75) is 100 Å². The molecule has 10 nitrogen and oxygen atoms in total. The molecule has 2 N–H and O–H groups in total.